The lowest BCUT2D eigenvalue weighted by Crippen LogP contribution is -2.25. The molecule has 1 aromatic rings. The van der Waals surface area contributed by atoms with Crippen molar-refractivity contribution in [2.45, 2.75) is 33.4 Å². The molecular weight excluding hydrogens is 339 g/mol. The van der Waals surface area contributed by atoms with E-state index in [4.69, 9.17) is 0 Å². The van der Waals surface area contributed by atoms with Crippen LogP contribution in [-0.4, -0.2) is 23.9 Å². The summed E-state index contributed by atoms with van der Waals surface area (Å²) in [6, 6.07) is 7.89. The van der Waals surface area contributed by atoms with Gasteiger partial charge < -0.3 is 4.90 Å². The number of carbonyl (C=O) groups excluding carboxylic acids is 1. The minimum atomic E-state index is -4.94. The third-order valence-corrected chi connectivity index (χ3v) is 3.79. The number of halogens is 3. The van der Waals surface area contributed by atoms with E-state index in [-0.39, 0.29) is 5.56 Å². The maximum Gasteiger partial charge on any atom is 0.454 e. The van der Waals surface area contributed by atoms with Crippen molar-refractivity contribution in [2.75, 3.05) is 7.05 Å². The number of carbonyl (C=O) groups is 1. The van der Waals surface area contributed by atoms with Gasteiger partial charge in [0.2, 0.25) is 0 Å². The summed E-state index contributed by atoms with van der Waals surface area (Å²) in [5, 5.41) is 0. The molecular formula is C21H24F3NO. The zero-order valence-electron chi connectivity index (χ0n) is 15.5. The van der Waals surface area contributed by atoms with Gasteiger partial charge in [0, 0.05) is 18.9 Å². The molecule has 1 rings (SSSR count). The van der Waals surface area contributed by atoms with Crippen LogP contribution in [0.1, 0.15) is 32.8 Å². The fraction of sp³-hybridized carbons (Fsp3) is 0.286. The van der Waals surface area contributed by atoms with Crippen LogP contribution in [0, 0.1) is 0 Å². The van der Waals surface area contributed by atoms with Crippen molar-refractivity contribution in [3.63, 3.8) is 0 Å². The fourth-order valence-electron chi connectivity index (χ4n) is 2.47. The second-order valence-electron chi connectivity index (χ2n) is 5.59. The largest absolute Gasteiger partial charge is 0.454 e. The lowest BCUT2D eigenvalue weighted by molar-refractivity contribution is -0.164. The number of ketones is 1. The molecule has 2 nitrogen and oxygen atoms in total. The van der Waals surface area contributed by atoms with Crippen LogP contribution >= 0.6 is 0 Å². The summed E-state index contributed by atoms with van der Waals surface area (Å²) >= 11 is 0. The molecule has 0 radical (unpaired) electrons. The molecule has 0 saturated heterocycles. The van der Waals surface area contributed by atoms with E-state index < -0.39 is 17.5 Å². The van der Waals surface area contributed by atoms with Gasteiger partial charge >= 0.3 is 6.18 Å². The van der Waals surface area contributed by atoms with Gasteiger partial charge in [0.1, 0.15) is 0 Å². The average molecular weight is 363 g/mol. The Morgan fingerprint density at radius 1 is 1.15 bits per heavy atom. The van der Waals surface area contributed by atoms with Crippen LogP contribution in [0.2, 0.25) is 0 Å². The van der Waals surface area contributed by atoms with Crippen LogP contribution in [0.15, 0.2) is 72.1 Å². The maximum absolute atomic E-state index is 13.1. The van der Waals surface area contributed by atoms with E-state index in [0.29, 0.717) is 6.42 Å². The summed E-state index contributed by atoms with van der Waals surface area (Å²) in [4.78, 5) is 13.5. The van der Waals surface area contributed by atoms with Gasteiger partial charge in [-0.15, -0.1) is 0 Å². The highest BCUT2D eigenvalue weighted by atomic mass is 19.4. The van der Waals surface area contributed by atoms with Crippen molar-refractivity contribution >= 4 is 11.4 Å². The standard InChI is InChI=1S/C21H24F3NO/c1-5-8-14-19(16(6-2)7-3)25(4)15-18(20(26)21(22,23)24)17-12-10-9-11-13-17/h5-6,8-15H,7H2,1-4H3/b8-5-,16-6-,18-15-,19-14+. The molecule has 0 fully saturated rings. The lowest BCUT2D eigenvalue weighted by atomic mass is 10.0. The first-order valence-electron chi connectivity index (χ1n) is 8.36. The highest BCUT2D eigenvalue weighted by Crippen LogP contribution is 2.28. The Morgan fingerprint density at radius 2 is 1.77 bits per heavy atom. The van der Waals surface area contributed by atoms with Crippen molar-refractivity contribution in [2.24, 2.45) is 0 Å². The highest BCUT2D eigenvalue weighted by molar-refractivity contribution is 6.23. The van der Waals surface area contributed by atoms with Gasteiger partial charge in [0.05, 0.1) is 5.57 Å². The van der Waals surface area contributed by atoms with Crippen molar-refractivity contribution in [1.29, 1.82) is 0 Å². The van der Waals surface area contributed by atoms with E-state index in [2.05, 4.69) is 0 Å². The van der Waals surface area contributed by atoms with Gasteiger partial charge in [0.15, 0.2) is 0 Å². The molecule has 0 bridgehead atoms. The van der Waals surface area contributed by atoms with Gasteiger partial charge in [0.25, 0.3) is 5.78 Å². The Kier molecular flexibility index (Phi) is 8.10. The number of hydrogen-bond donors (Lipinski definition) is 0. The maximum atomic E-state index is 13.1. The molecule has 5 heteroatoms. The van der Waals surface area contributed by atoms with Crippen LogP contribution in [0.5, 0.6) is 0 Å². The van der Waals surface area contributed by atoms with Crippen LogP contribution in [0.4, 0.5) is 13.2 Å². The van der Waals surface area contributed by atoms with Gasteiger partial charge in [-0.25, -0.2) is 0 Å². The van der Waals surface area contributed by atoms with Crippen LogP contribution in [0.25, 0.3) is 5.57 Å². The molecule has 0 aliphatic rings. The Morgan fingerprint density at radius 3 is 2.23 bits per heavy atom. The van der Waals surface area contributed by atoms with Crippen molar-refractivity contribution in [1.82, 2.24) is 4.90 Å². The van der Waals surface area contributed by atoms with E-state index in [9.17, 15) is 18.0 Å². The van der Waals surface area contributed by atoms with Crippen molar-refractivity contribution in [3.05, 3.63) is 77.7 Å². The Balaban J connectivity index is 3.48. The van der Waals surface area contributed by atoms with E-state index in [1.807, 2.05) is 45.1 Å². The van der Waals surface area contributed by atoms with Crippen molar-refractivity contribution in [3.8, 4) is 0 Å². The second-order valence-corrected chi connectivity index (χ2v) is 5.59. The Labute approximate surface area is 153 Å². The van der Waals surface area contributed by atoms with Gasteiger partial charge in [-0.05, 0) is 37.5 Å². The van der Waals surface area contributed by atoms with Crippen LogP contribution in [-0.2, 0) is 4.79 Å². The highest BCUT2D eigenvalue weighted by Gasteiger charge is 2.41. The first-order chi connectivity index (χ1) is 12.3. The number of nitrogens with zero attached hydrogens (tertiary/aromatic N) is 1. The summed E-state index contributed by atoms with van der Waals surface area (Å²) < 4.78 is 39.3. The minimum absolute atomic E-state index is 0.227. The first kappa shape index (κ1) is 21.5. The molecule has 0 amide bonds. The van der Waals surface area contributed by atoms with Crippen molar-refractivity contribution < 1.29 is 18.0 Å². The van der Waals surface area contributed by atoms with E-state index in [1.54, 1.807) is 30.1 Å². The van der Waals surface area contributed by atoms with E-state index >= 15 is 0 Å². The first-order valence-corrected chi connectivity index (χ1v) is 8.36. The van der Waals surface area contributed by atoms with Crippen LogP contribution in [0.3, 0.4) is 0 Å². The molecule has 0 aromatic heterocycles. The summed E-state index contributed by atoms with van der Waals surface area (Å²) in [7, 11) is 1.64. The quantitative estimate of drug-likeness (QED) is 0.443. The number of allylic oxidation sites excluding steroid dienone is 6. The second kappa shape index (κ2) is 9.80. The molecule has 0 saturated carbocycles. The molecule has 26 heavy (non-hydrogen) atoms. The average Bonchev–Trinajstić information content (AvgIpc) is 2.62. The summed E-state index contributed by atoms with van der Waals surface area (Å²) in [5.74, 6) is -1.86. The molecule has 0 aliphatic heterocycles. The Bertz CT molecular complexity index is 725. The molecule has 0 atom stereocenters. The minimum Gasteiger partial charge on any atom is -0.350 e. The molecule has 0 heterocycles. The lowest BCUT2D eigenvalue weighted by Gasteiger charge is -2.22. The summed E-state index contributed by atoms with van der Waals surface area (Å²) in [6.45, 7) is 5.70. The Hall–Kier alpha value is -2.56. The molecule has 0 aliphatic carbocycles. The number of likely N-dealkylation sites (N-methyl/N-ethyl adjacent to an activating group) is 1. The normalized spacial score (nSPS) is 14.0. The summed E-state index contributed by atoms with van der Waals surface area (Å²) in [6.07, 6.45) is 4.39. The third kappa shape index (κ3) is 5.76. The predicted molar refractivity (Wildman–Crippen MR) is 100 cm³/mol. The SMILES string of the molecule is C\C=C/C=C(\C(=C/C)CC)N(C)/C=C(\C(=O)C(F)(F)F)c1ccccc1. The smallest absolute Gasteiger partial charge is 0.350 e. The fourth-order valence-corrected chi connectivity index (χ4v) is 2.47. The van der Waals surface area contributed by atoms with E-state index in [0.717, 1.165) is 11.3 Å². The molecule has 0 N–H and O–H groups in total. The van der Waals surface area contributed by atoms with E-state index in [1.165, 1.54) is 18.3 Å². The predicted octanol–water partition coefficient (Wildman–Crippen LogP) is 5.91. The number of rotatable bonds is 7. The molecule has 0 spiro atoms. The zero-order valence-corrected chi connectivity index (χ0v) is 15.5. The topological polar surface area (TPSA) is 20.3 Å². The van der Waals surface area contributed by atoms with Gasteiger partial charge in [-0.1, -0.05) is 55.5 Å². The molecule has 140 valence electrons. The number of benzene rings is 1. The molecule has 1 aromatic carbocycles. The summed E-state index contributed by atoms with van der Waals surface area (Å²) in [5.41, 5.74) is 1.54. The number of hydrogen-bond acceptors (Lipinski definition) is 2. The third-order valence-electron chi connectivity index (χ3n) is 3.79. The van der Waals surface area contributed by atoms with Crippen LogP contribution < -0.4 is 0 Å². The molecule has 0 unspecified atom stereocenters. The monoisotopic (exact) mass is 363 g/mol. The number of Topliss-reactive ketones (excluding diaryl/α,β-unsaturated/α-hetero) is 1. The number of alkyl halides is 3. The van der Waals surface area contributed by atoms with Gasteiger partial charge in [-0.3, -0.25) is 4.79 Å². The van der Waals surface area contributed by atoms with Gasteiger partial charge in [-0.2, -0.15) is 13.2 Å². The zero-order chi connectivity index (χ0) is 19.7.